The molecule has 0 bridgehead atoms. The van der Waals surface area contributed by atoms with Crippen LogP contribution in [-0.2, 0) is 14.3 Å². The molecule has 0 aliphatic rings. The van der Waals surface area contributed by atoms with Crippen molar-refractivity contribution in [2.24, 2.45) is 0 Å². The number of phenols is 1. The number of aromatic nitrogens is 2. The van der Waals surface area contributed by atoms with Crippen LogP contribution in [0.5, 0.6) is 5.75 Å². The normalized spacial score (nSPS) is 11.9. The van der Waals surface area contributed by atoms with E-state index in [4.69, 9.17) is 20.7 Å². The monoisotopic (exact) mass is 470 g/mol. The van der Waals surface area contributed by atoms with Crippen molar-refractivity contribution >= 4 is 35.5 Å². The van der Waals surface area contributed by atoms with Crippen LogP contribution >= 0.6 is 0 Å². The molecule has 176 valence electrons. The number of hydrogen-bond donors (Lipinski definition) is 3. The highest BCUT2D eigenvalue weighted by Crippen LogP contribution is 2.38. The molecular formula is C15H14N6O12. The number of carbonyl (C=O) groups excluding carboxylic acids is 2. The lowest BCUT2D eigenvalue weighted by Gasteiger charge is -2.17. The van der Waals surface area contributed by atoms with E-state index in [1.807, 2.05) is 0 Å². The van der Waals surface area contributed by atoms with E-state index in [0.717, 1.165) is 4.57 Å². The number of aldehydes is 2. The summed E-state index contributed by atoms with van der Waals surface area (Å²) in [4.78, 5) is 63.7. The van der Waals surface area contributed by atoms with Crippen LogP contribution in [0.3, 0.4) is 0 Å². The molecule has 0 amide bonds. The molecule has 0 saturated carbocycles. The van der Waals surface area contributed by atoms with Gasteiger partial charge < -0.3 is 25.5 Å². The lowest BCUT2D eigenvalue weighted by atomic mass is 10.2. The van der Waals surface area contributed by atoms with Crippen molar-refractivity contribution in [1.29, 1.82) is 0 Å². The molecule has 4 N–H and O–H groups in total. The first kappa shape index (κ1) is 26.2. The topological polar surface area (TPSA) is 274 Å². The Bertz CT molecular complexity index is 1100. The molecule has 33 heavy (non-hydrogen) atoms. The number of nitro groups is 3. The molecule has 2 aromatic rings. The smallest absolute Gasteiger partial charge is 0.351 e. The number of nitrogens with zero attached hydrogens (tertiary/aromatic N) is 5. The number of aliphatic hydroxyl groups is 1. The van der Waals surface area contributed by atoms with Crippen molar-refractivity contribution in [1.82, 2.24) is 9.55 Å². The number of hydrogen-bond acceptors (Lipinski definition) is 14. The standard InChI is InChI=1S/C9H11N3O5.C6H3N3O7/c10-7-1-2-12(9(16)11-7)8(5-15)17-6(3-13)4-14;10-6-4(8(13)14)1-3(7(11)12)2-5(6)9(15)16/h1-3,5-6,8,14H,4H2,(H2,10,11,16);1-2,10H. The fourth-order valence-corrected chi connectivity index (χ4v) is 2.05. The highest BCUT2D eigenvalue weighted by Gasteiger charge is 2.30. The van der Waals surface area contributed by atoms with Gasteiger partial charge in [0.25, 0.3) is 11.4 Å². The number of phenolic OH excluding ortho intramolecular Hbond substituents is 1. The minimum Gasteiger partial charge on any atom is -0.497 e. The summed E-state index contributed by atoms with van der Waals surface area (Å²) in [6.07, 6.45) is -0.673. The lowest BCUT2D eigenvalue weighted by molar-refractivity contribution is -0.404. The van der Waals surface area contributed by atoms with E-state index in [-0.39, 0.29) is 5.82 Å². The first-order valence-corrected chi connectivity index (χ1v) is 8.28. The SMILES string of the molecule is Nc1ccn(C(C=O)OC(C=O)CO)c(=O)n1.O=[N+]([O-])c1cc([N+](=O)[O-])c(O)c([N+](=O)[O-])c1. The van der Waals surface area contributed by atoms with Crippen LogP contribution < -0.4 is 11.4 Å². The molecular weight excluding hydrogens is 456 g/mol. The molecule has 0 aliphatic carbocycles. The van der Waals surface area contributed by atoms with Crippen molar-refractivity contribution < 1.29 is 39.3 Å². The summed E-state index contributed by atoms with van der Waals surface area (Å²) in [5.41, 5.74) is 1.48. The number of nitrogens with two attached hydrogens (primary N) is 1. The van der Waals surface area contributed by atoms with Crippen LogP contribution in [0.25, 0.3) is 0 Å². The minimum atomic E-state index is -1.34. The van der Waals surface area contributed by atoms with Gasteiger partial charge >= 0.3 is 17.1 Å². The zero-order valence-corrected chi connectivity index (χ0v) is 16.1. The third-order valence-electron chi connectivity index (χ3n) is 3.55. The first-order valence-electron chi connectivity index (χ1n) is 8.28. The summed E-state index contributed by atoms with van der Waals surface area (Å²) in [7, 11) is 0. The highest BCUT2D eigenvalue weighted by atomic mass is 16.6. The number of rotatable bonds is 9. The summed E-state index contributed by atoms with van der Waals surface area (Å²) in [6.45, 7) is -0.592. The lowest BCUT2D eigenvalue weighted by Crippen LogP contribution is -2.33. The second kappa shape index (κ2) is 11.5. The van der Waals surface area contributed by atoms with Crippen LogP contribution in [0.4, 0.5) is 22.9 Å². The number of aromatic hydroxyl groups is 1. The number of benzene rings is 1. The molecule has 0 fully saturated rings. The van der Waals surface area contributed by atoms with Gasteiger partial charge in [0.2, 0.25) is 0 Å². The third kappa shape index (κ3) is 6.83. The molecule has 18 nitrogen and oxygen atoms in total. The summed E-state index contributed by atoms with van der Waals surface area (Å²) in [5.74, 6) is -1.20. The Hall–Kier alpha value is -4.84. The van der Waals surface area contributed by atoms with Crippen molar-refractivity contribution in [2.75, 3.05) is 12.3 Å². The quantitative estimate of drug-likeness (QED) is 0.230. The van der Waals surface area contributed by atoms with Gasteiger partial charge in [-0.2, -0.15) is 4.98 Å². The average Bonchev–Trinajstić information content (AvgIpc) is 2.75. The Labute approximate surface area is 180 Å². The zero-order valence-electron chi connectivity index (χ0n) is 16.1. The van der Waals surface area contributed by atoms with Crippen molar-refractivity contribution in [3.05, 3.63) is 65.2 Å². The maximum atomic E-state index is 11.4. The number of aliphatic hydroxyl groups excluding tert-OH is 1. The second-order valence-electron chi connectivity index (χ2n) is 5.67. The van der Waals surface area contributed by atoms with Gasteiger partial charge in [0.15, 0.2) is 18.8 Å². The van der Waals surface area contributed by atoms with Crippen LogP contribution in [0.2, 0.25) is 0 Å². The zero-order chi connectivity index (χ0) is 25.3. The Morgan fingerprint density at radius 1 is 1.09 bits per heavy atom. The average molecular weight is 470 g/mol. The third-order valence-corrected chi connectivity index (χ3v) is 3.55. The predicted molar refractivity (Wildman–Crippen MR) is 104 cm³/mol. The van der Waals surface area contributed by atoms with E-state index < -0.39 is 62.2 Å². The Kier molecular flexibility index (Phi) is 9.15. The van der Waals surface area contributed by atoms with Crippen molar-refractivity contribution in [3.63, 3.8) is 0 Å². The molecule has 0 aliphatic heterocycles. The van der Waals surface area contributed by atoms with Crippen LogP contribution in [0.1, 0.15) is 6.23 Å². The van der Waals surface area contributed by atoms with E-state index in [1.165, 1.54) is 12.3 Å². The van der Waals surface area contributed by atoms with Crippen molar-refractivity contribution in [3.8, 4) is 5.75 Å². The van der Waals surface area contributed by atoms with Gasteiger partial charge in [-0.3, -0.25) is 39.7 Å². The van der Waals surface area contributed by atoms with E-state index in [1.54, 1.807) is 0 Å². The van der Waals surface area contributed by atoms with Gasteiger partial charge in [0.05, 0.1) is 33.5 Å². The fraction of sp³-hybridized carbons (Fsp3) is 0.200. The Morgan fingerprint density at radius 2 is 1.64 bits per heavy atom. The van der Waals surface area contributed by atoms with Gasteiger partial charge in [-0.15, -0.1) is 0 Å². The van der Waals surface area contributed by atoms with E-state index in [9.17, 15) is 44.7 Å². The molecule has 0 saturated heterocycles. The number of carbonyl (C=O) groups is 2. The molecule has 18 heteroatoms. The minimum absolute atomic E-state index is 0.00462. The molecule has 1 aromatic heterocycles. The van der Waals surface area contributed by atoms with E-state index in [0.29, 0.717) is 24.7 Å². The van der Waals surface area contributed by atoms with Crippen molar-refractivity contribution in [2.45, 2.75) is 12.3 Å². The van der Waals surface area contributed by atoms with Crippen LogP contribution in [0.15, 0.2) is 29.2 Å². The molecule has 2 unspecified atom stereocenters. The largest absolute Gasteiger partial charge is 0.497 e. The fourth-order valence-electron chi connectivity index (χ4n) is 2.05. The number of nitro benzene ring substituents is 3. The summed E-state index contributed by atoms with van der Waals surface area (Å²) in [6, 6.07) is 2.20. The van der Waals surface area contributed by atoms with Gasteiger partial charge in [0, 0.05) is 6.20 Å². The molecule has 0 radical (unpaired) electrons. The first-order chi connectivity index (χ1) is 15.5. The number of ether oxygens (including phenoxy) is 1. The second-order valence-corrected chi connectivity index (χ2v) is 5.67. The molecule has 2 atom stereocenters. The van der Waals surface area contributed by atoms with Crippen LogP contribution in [0, 0.1) is 30.3 Å². The molecule has 0 spiro atoms. The molecule has 2 rings (SSSR count). The van der Waals surface area contributed by atoms with E-state index >= 15 is 0 Å². The maximum Gasteiger partial charge on any atom is 0.351 e. The van der Waals surface area contributed by atoms with Gasteiger partial charge in [-0.05, 0) is 6.07 Å². The van der Waals surface area contributed by atoms with Gasteiger partial charge in [0.1, 0.15) is 11.9 Å². The Morgan fingerprint density at radius 3 is 2.00 bits per heavy atom. The number of anilines is 1. The highest BCUT2D eigenvalue weighted by molar-refractivity contribution is 5.64. The van der Waals surface area contributed by atoms with Gasteiger partial charge in [-0.1, -0.05) is 0 Å². The number of non-ortho nitro benzene ring substituents is 1. The summed E-state index contributed by atoms with van der Waals surface area (Å²) < 4.78 is 5.76. The molecule has 1 heterocycles. The number of nitrogen functional groups attached to an aromatic ring is 1. The Balaban J connectivity index is 0.000000331. The maximum absolute atomic E-state index is 11.4. The molecule has 1 aromatic carbocycles. The van der Waals surface area contributed by atoms with E-state index in [2.05, 4.69) is 4.98 Å². The predicted octanol–water partition coefficient (Wildman–Crippen LogP) is -0.784. The van der Waals surface area contributed by atoms with Gasteiger partial charge in [-0.25, -0.2) is 4.79 Å². The summed E-state index contributed by atoms with van der Waals surface area (Å²) >= 11 is 0. The summed E-state index contributed by atoms with van der Waals surface area (Å²) in [5, 5.41) is 48.9. The van der Waals surface area contributed by atoms with Crippen LogP contribution in [-0.4, -0.2) is 59.8 Å².